The van der Waals surface area contributed by atoms with E-state index in [0.29, 0.717) is 6.42 Å². The maximum atomic E-state index is 12.1. The number of phosphoric ester groups is 1. The van der Waals surface area contributed by atoms with Crippen molar-refractivity contribution in [3.63, 3.8) is 0 Å². The van der Waals surface area contributed by atoms with Crippen molar-refractivity contribution in [3.05, 3.63) is 0 Å². The van der Waals surface area contributed by atoms with Gasteiger partial charge in [0.25, 0.3) is 6.29 Å². The average Bonchev–Trinajstić information content (AvgIpc) is 2.86. The Hall–Kier alpha value is -3.59. The van der Waals surface area contributed by atoms with E-state index >= 15 is 0 Å². The molecule has 1 atom stereocenters. The first-order valence-electron chi connectivity index (χ1n) is 12.3. The van der Waals surface area contributed by atoms with Crippen LogP contribution in [0, 0.1) is 71.0 Å². The summed E-state index contributed by atoms with van der Waals surface area (Å²) < 4.78 is 25.1. The normalized spacial score (nSPS) is 9.89. The van der Waals surface area contributed by atoms with Gasteiger partial charge in [0.05, 0.1) is 0 Å². The van der Waals surface area contributed by atoms with Gasteiger partial charge in [-0.2, -0.15) is 0 Å². The molecular formula is C29H33O8P. The van der Waals surface area contributed by atoms with Gasteiger partial charge >= 0.3 is 19.8 Å². The number of esters is 2. The second-order valence-electron chi connectivity index (χ2n) is 7.67. The van der Waals surface area contributed by atoms with Crippen LogP contribution in [-0.2, 0) is 28.2 Å². The predicted octanol–water partition coefficient (Wildman–Crippen LogP) is 3.86. The number of carbonyl (C=O) groups is 2. The van der Waals surface area contributed by atoms with Crippen LogP contribution in [-0.4, -0.2) is 34.6 Å². The van der Waals surface area contributed by atoms with Gasteiger partial charge in [0.2, 0.25) is 0 Å². The summed E-state index contributed by atoms with van der Waals surface area (Å²) >= 11 is 0. The molecular weight excluding hydrogens is 507 g/mol. The molecule has 0 amide bonds. The highest BCUT2D eigenvalue weighted by molar-refractivity contribution is 7.46. The molecule has 0 aliphatic carbocycles. The maximum absolute atomic E-state index is 12.1. The second-order valence-corrected chi connectivity index (χ2v) is 8.91. The highest BCUT2D eigenvalue weighted by atomic mass is 31.2. The summed E-state index contributed by atoms with van der Waals surface area (Å²) in [5.74, 6) is 26.7. The Morgan fingerprint density at radius 1 is 0.711 bits per heavy atom. The van der Waals surface area contributed by atoms with E-state index in [0.717, 1.165) is 19.3 Å². The SMILES string of the molecule is CC#CC#CC#CC#CC#CC#CC(=O)O[C@@H](COP(=O)(O)O)OC(=O)CCCCCCCCCCCC. The molecule has 0 aliphatic heterocycles. The molecule has 2 N–H and O–H groups in total. The Morgan fingerprint density at radius 3 is 1.68 bits per heavy atom. The summed E-state index contributed by atoms with van der Waals surface area (Å²) in [6.07, 6.45) is 9.32. The Labute approximate surface area is 226 Å². The highest BCUT2D eigenvalue weighted by Gasteiger charge is 2.24. The van der Waals surface area contributed by atoms with E-state index in [2.05, 4.69) is 76.6 Å². The zero-order valence-corrected chi connectivity index (χ0v) is 22.7. The molecule has 0 aromatic heterocycles. The number of hydrogen-bond acceptors (Lipinski definition) is 6. The van der Waals surface area contributed by atoms with Gasteiger partial charge in [-0.3, -0.25) is 9.32 Å². The standard InChI is InChI=1S/C29H33O8P/c1-3-5-7-9-11-13-15-17-19-21-23-25-28(31)37-29(26-35-38(32,33)34)36-27(30)24-22-20-18-16-14-12-10-8-6-4-2/h29H,4,6,8,10,12,14,16,18,20,22,24,26H2,1-2H3,(H2,32,33,34)/t29-/m0/s1. The van der Waals surface area contributed by atoms with Gasteiger partial charge in [-0.15, -0.1) is 0 Å². The smallest absolute Gasteiger partial charge is 0.422 e. The molecule has 0 saturated carbocycles. The van der Waals surface area contributed by atoms with E-state index in [1.807, 2.05) is 5.92 Å². The zero-order valence-electron chi connectivity index (χ0n) is 21.9. The van der Waals surface area contributed by atoms with Crippen LogP contribution in [0.15, 0.2) is 0 Å². The molecule has 8 nitrogen and oxygen atoms in total. The fraction of sp³-hybridized carbons (Fsp3) is 0.517. The van der Waals surface area contributed by atoms with Crippen molar-refractivity contribution in [2.45, 2.75) is 90.8 Å². The number of ether oxygens (including phenoxy) is 2. The van der Waals surface area contributed by atoms with Crippen LogP contribution in [0.3, 0.4) is 0 Å². The van der Waals surface area contributed by atoms with Crippen LogP contribution in [0.5, 0.6) is 0 Å². The molecule has 0 aromatic carbocycles. The van der Waals surface area contributed by atoms with Crippen LogP contribution in [0.25, 0.3) is 0 Å². The lowest BCUT2D eigenvalue weighted by Gasteiger charge is -2.17. The fourth-order valence-corrected chi connectivity index (χ4v) is 3.07. The van der Waals surface area contributed by atoms with Crippen molar-refractivity contribution in [1.82, 2.24) is 0 Å². The van der Waals surface area contributed by atoms with Crippen LogP contribution in [0.2, 0.25) is 0 Å². The van der Waals surface area contributed by atoms with Crippen LogP contribution in [0.1, 0.15) is 84.5 Å². The molecule has 0 radical (unpaired) electrons. The maximum Gasteiger partial charge on any atom is 0.469 e. The number of unbranched alkanes of at least 4 members (excludes halogenated alkanes) is 9. The third-order valence-electron chi connectivity index (χ3n) is 4.47. The number of carbonyl (C=O) groups excluding carboxylic acids is 2. The number of hydrogen-bond donors (Lipinski definition) is 2. The third-order valence-corrected chi connectivity index (χ3v) is 4.95. The minimum atomic E-state index is -4.88. The van der Waals surface area contributed by atoms with E-state index in [1.165, 1.54) is 38.5 Å². The molecule has 0 spiro atoms. The highest BCUT2D eigenvalue weighted by Crippen LogP contribution is 2.36. The van der Waals surface area contributed by atoms with Gasteiger partial charge in [-0.1, -0.05) is 70.6 Å². The van der Waals surface area contributed by atoms with Crippen molar-refractivity contribution >= 4 is 19.8 Å². The minimum absolute atomic E-state index is 0.0662. The van der Waals surface area contributed by atoms with E-state index in [1.54, 1.807) is 6.92 Å². The zero-order chi connectivity index (χ0) is 28.3. The molecule has 0 aromatic rings. The number of rotatable bonds is 16. The van der Waals surface area contributed by atoms with Crippen molar-refractivity contribution in [2.75, 3.05) is 6.61 Å². The molecule has 0 unspecified atom stereocenters. The summed E-state index contributed by atoms with van der Waals surface area (Å²) in [4.78, 5) is 41.7. The molecule has 9 heteroatoms. The molecule has 202 valence electrons. The summed E-state index contributed by atoms with van der Waals surface area (Å²) in [6, 6.07) is 0. The summed E-state index contributed by atoms with van der Waals surface area (Å²) in [6.45, 7) is 2.98. The summed E-state index contributed by atoms with van der Waals surface area (Å²) in [5.41, 5.74) is 0. The molecule has 0 fully saturated rings. The number of phosphoric acid groups is 1. The van der Waals surface area contributed by atoms with E-state index in [-0.39, 0.29) is 6.42 Å². The van der Waals surface area contributed by atoms with Gasteiger partial charge in [-0.05, 0) is 72.5 Å². The van der Waals surface area contributed by atoms with E-state index in [9.17, 15) is 14.2 Å². The van der Waals surface area contributed by atoms with Crippen molar-refractivity contribution in [3.8, 4) is 71.0 Å². The summed E-state index contributed by atoms with van der Waals surface area (Å²) in [5, 5.41) is 0. The van der Waals surface area contributed by atoms with Crippen molar-refractivity contribution < 1.29 is 37.9 Å². The van der Waals surface area contributed by atoms with Gasteiger partial charge < -0.3 is 19.3 Å². The lowest BCUT2D eigenvalue weighted by atomic mass is 10.1. The first-order valence-corrected chi connectivity index (χ1v) is 13.8. The molecule has 0 aliphatic rings. The molecule has 0 heterocycles. The fourth-order valence-electron chi connectivity index (χ4n) is 2.76. The van der Waals surface area contributed by atoms with Gasteiger partial charge in [-0.25, -0.2) is 9.36 Å². The molecule has 0 saturated heterocycles. The monoisotopic (exact) mass is 540 g/mol. The Balaban J connectivity index is 4.58. The quantitative estimate of drug-likeness (QED) is 0.0757. The van der Waals surface area contributed by atoms with Crippen molar-refractivity contribution in [1.29, 1.82) is 0 Å². The lowest BCUT2D eigenvalue weighted by molar-refractivity contribution is -0.189. The first kappa shape index (κ1) is 34.4. The molecule has 0 rings (SSSR count). The van der Waals surface area contributed by atoms with Gasteiger partial charge in [0, 0.05) is 12.3 Å². The topological polar surface area (TPSA) is 119 Å². The lowest BCUT2D eigenvalue weighted by Crippen LogP contribution is -2.28. The van der Waals surface area contributed by atoms with Crippen molar-refractivity contribution in [2.24, 2.45) is 0 Å². The predicted molar refractivity (Wildman–Crippen MR) is 143 cm³/mol. The third kappa shape index (κ3) is 25.5. The van der Waals surface area contributed by atoms with Crippen LogP contribution in [0.4, 0.5) is 0 Å². The minimum Gasteiger partial charge on any atom is -0.422 e. The average molecular weight is 541 g/mol. The van der Waals surface area contributed by atoms with E-state index < -0.39 is 32.7 Å². The molecule has 38 heavy (non-hydrogen) atoms. The Morgan fingerprint density at radius 2 is 1.18 bits per heavy atom. The Bertz CT molecular complexity index is 1160. The van der Waals surface area contributed by atoms with Crippen LogP contribution < -0.4 is 0 Å². The van der Waals surface area contributed by atoms with Gasteiger partial charge in [0.1, 0.15) is 6.61 Å². The largest absolute Gasteiger partial charge is 0.469 e. The van der Waals surface area contributed by atoms with E-state index in [4.69, 9.17) is 19.3 Å². The van der Waals surface area contributed by atoms with Gasteiger partial charge in [0.15, 0.2) is 0 Å². The second kappa shape index (κ2) is 23.8. The molecule has 0 bridgehead atoms. The first-order chi connectivity index (χ1) is 18.3. The summed E-state index contributed by atoms with van der Waals surface area (Å²) in [7, 11) is -4.88. The van der Waals surface area contributed by atoms with Crippen LogP contribution >= 0.6 is 7.82 Å². The Kier molecular flexibility index (Phi) is 21.5.